The Bertz CT molecular complexity index is 915. The minimum atomic E-state index is -0.491. The van der Waals surface area contributed by atoms with Gasteiger partial charge in [-0.25, -0.2) is 9.97 Å². The number of aliphatic hydroxyl groups is 1. The van der Waals surface area contributed by atoms with Crippen molar-refractivity contribution in [3.8, 4) is 11.5 Å². The summed E-state index contributed by atoms with van der Waals surface area (Å²) in [6, 6.07) is 8.70. The zero-order valence-corrected chi connectivity index (χ0v) is 14.9. The van der Waals surface area contributed by atoms with E-state index in [1.807, 2.05) is 6.07 Å². The molecule has 3 rings (SSSR count). The van der Waals surface area contributed by atoms with Crippen LogP contribution in [0, 0.1) is 6.92 Å². The minimum Gasteiger partial charge on any atom is -0.392 e. The molecule has 0 aromatic carbocycles. The van der Waals surface area contributed by atoms with Gasteiger partial charge in [0.15, 0.2) is 5.82 Å². The predicted molar refractivity (Wildman–Crippen MR) is 100 cm³/mol. The normalized spacial score (nSPS) is 11.7. The molecule has 0 fully saturated rings. The first kappa shape index (κ1) is 18.3. The van der Waals surface area contributed by atoms with Gasteiger partial charge in [0.2, 0.25) is 5.95 Å². The summed E-state index contributed by atoms with van der Waals surface area (Å²) in [5, 5.41) is 14.9. The molecule has 27 heavy (non-hydrogen) atoms. The van der Waals surface area contributed by atoms with E-state index in [1.165, 1.54) is 6.20 Å². The molecule has 0 aliphatic heterocycles. The highest BCUT2D eigenvalue weighted by Crippen LogP contribution is 2.14. The molecular weight excluding hydrogens is 346 g/mol. The molecule has 3 N–H and O–H groups in total. The van der Waals surface area contributed by atoms with Crippen LogP contribution in [0.2, 0.25) is 0 Å². The number of nitrogens with zero attached hydrogens (tertiary/aromatic N) is 5. The lowest BCUT2D eigenvalue weighted by molar-refractivity contribution is 0.102. The quantitative estimate of drug-likeness (QED) is 0.602. The number of pyridine rings is 2. The van der Waals surface area contributed by atoms with Crippen LogP contribution in [0.1, 0.15) is 23.1 Å². The number of anilines is 2. The van der Waals surface area contributed by atoms with E-state index < -0.39 is 6.10 Å². The summed E-state index contributed by atoms with van der Waals surface area (Å²) < 4.78 is 0. The molecule has 3 aromatic rings. The molecule has 0 aliphatic carbocycles. The van der Waals surface area contributed by atoms with Crippen LogP contribution < -0.4 is 10.6 Å². The Morgan fingerprint density at radius 1 is 1.15 bits per heavy atom. The largest absolute Gasteiger partial charge is 0.392 e. The van der Waals surface area contributed by atoms with Crippen molar-refractivity contribution in [2.45, 2.75) is 20.0 Å². The summed E-state index contributed by atoms with van der Waals surface area (Å²) >= 11 is 0. The van der Waals surface area contributed by atoms with Crippen LogP contribution in [-0.2, 0) is 0 Å². The summed E-state index contributed by atoms with van der Waals surface area (Å²) in [6.07, 6.45) is 2.59. The van der Waals surface area contributed by atoms with Gasteiger partial charge < -0.3 is 10.4 Å². The molecule has 9 heteroatoms. The van der Waals surface area contributed by atoms with Crippen molar-refractivity contribution in [3.05, 3.63) is 54.1 Å². The Hall–Kier alpha value is -3.46. The van der Waals surface area contributed by atoms with Gasteiger partial charge in [0.05, 0.1) is 11.7 Å². The average molecular weight is 365 g/mol. The second kappa shape index (κ2) is 8.28. The number of carbonyl (C=O) groups is 1. The lowest BCUT2D eigenvalue weighted by atomic mass is 10.2. The molecule has 0 saturated heterocycles. The number of aromatic nitrogens is 5. The summed E-state index contributed by atoms with van der Waals surface area (Å²) in [5.41, 5.74) is 0.948. The van der Waals surface area contributed by atoms with E-state index in [4.69, 9.17) is 0 Å². The highest BCUT2D eigenvalue weighted by atomic mass is 16.3. The van der Waals surface area contributed by atoms with E-state index in [1.54, 1.807) is 44.3 Å². The Morgan fingerprint density at radius 3 is 2.67 bits per heavy atom. The Morgan fingerprint density at radius 2 is 2.00 bits per heavy atom. The SMILES string of the molecule is Cc1nc(NC(=O)c2ccc(NCC(C)O)nc2)nc(-c2ccccn2)n1. The highest BCUT2D eigenvalue weighted by molar-refractivity contribution is 6.03. The zero-order chi connectivity index (χ0) is 19.2. The van der Waals surface area contributed by atoms with Crippen molar-refractivity contribution in [2.24, 2.45) is 0 Å². The smallest absolute Gasteiger partial charge is 0.259 e. The Kier molecular flexibility index (Phi) is 5.62. The molecule has 3 heterocycles. The second-order valence-electron chi connectivity index (χ2n) is 5.86. The monoisotopic (exact) mass is 365 g/mol. The first-order chi connectivity index (χ1) is 13.0. The topological polar surface area (TPSA) is 126 Å². The molecule has 138 valence electrons. The maximum Gasteiger partial charge on any atom is 0.259 e. The third kappa shape index (κ3) is 5.02. The second-order valence-corrected chi connectivity index (χ2v) is 5.86. The molecule has 9 nitrogen and oxygen atoms in total. The zero-order valence-electron chi connectivity index (χ0n) is 14.9. The number of amides is 1. The molecule has 0 aliphatic rings. The van der Waals surface area contributed by atoms with Crippen LogP contribution in [0.25, 0.3) is 11.5 Å². The summed E-state index contributed by atoms with van der Waals surface area (Å²) in [7, 11) is 0. The van der Waals surface area contributed by atoms with Gasteiger partial charge >= 0.3 is 0 Å². The van der Waals surface area contributed by atoms with Crippen molar-refractivity contribution in [2.75, 3.05) is 17.2 Å². The predicted octanol–water partition coefficient (Wildman–Crippen LogP) is 1.68. The van der Waals surface area contributed by atoms with Crippen LogP contribution in [0.15, 0.2) is 42.7 Å². The Balaban J connectivity index is 1.73. The lowest BCUT2D eigenvalue weighted by Crippen LogP contribution is -2.17. The summed E-state index contributed by atoms with van der Waals surface area (Å²) in [5.74, 6) is 1.18. The van der Waals surface area contributed by atoms with Gasteiger partial charge in [-0.1, -0.05) is 6.07 Å². The first-order valence-corrected chi connectivity index (χ1v) is 8.34. The third-order valence-electron chi connectivity index (χ3n) is 3.47. The van der Waals surface area contributed by atoms with Crippen LogP contribution in [0.3, 0.4) is 0 Å². The molecular formula is C18H19N7O2. The fourth-order valence-corrected chi connectivity index (χ4v) is 2.21. The van der Waals surface area contributed by atoms with E-state index >= 15 is 0 Å². The highest BCUT2D eigenvalue weighted by Gasteiger charge is 2.12. The van der Waals surface area contributed by atoms with Gasteiger partial charge in [0.1, 0.15) is 17.3 Å². The fourth-order valence-electron chi connectivity index (χ4n) is 2.21. The molecule has 1 atom stereocenters. The molecule has 1 amide bonds. The Labute approximate surface area is 156 Å². The van der Waals surface area contributed by atoms with Crippen molar-refractivity contribution >= 4 is 17.7 Å². The van der Waals surface area contributed by atoms with Gasteiger partial charge in [0.25, 0.3) is 5.91 Å². The average Bonchev–Trinajstić information content (AvgIpc) is 2.67. The summed E-state index contributed by atoms with van der Waals surface area (Å²) in [4.78, 5) is 33.4. The number of carbonyl (C=O) groups excluding carboxylic acids is 1. The van der Waals surface area contributed by atoms with Crippen LogP contribution >= 0.6 is 0 Å². The molecule has 0 spiro atoms. The van der Waals surface area contributed by atoms with Gasteiger partial charge in [0, 0.05) is 18.9 Å². The van der Waals surface area contributed by atoms with E-state index in [9.17, 15) is 9.90 Å². The maximum atomic E-state index is 12.4. The van der Waals surface area contributed by atoms with E-state index in [2.05, 4.69) is 35.6 Å². The van der Waals surface area contributed by atoms with Gasteiger partial charge in [-0.05, 0) is 38.1 Å². The van der Waals surface area contributed by atoms with Crippen molar-refractivity contribution in [3.63, 3.8) is 0 Å². The first-order valence-electron chi connectivity index (χ1n) is 8.34. The number of aliphatic hydroxyl groups excluding tert-OH is 1. The maximum absolute atomic E-state index is 12.4. The van der Waals surface area contributed by atoms with Gasteiger partial charge in [-0.3, -0.25) is 15.1 Å². The number of hydrogen-bond donors (Lipinski definition) is 3. The van der Waals surface area contributed by atoms with E-state index in [0.29, 0.717) is 35.3 Å². The number of hydrogen-bond acceptors (Lipinski definition) is 8. The van der Waals surface area contributed by atoms with Crippen molar-refractivity contribution in [1.82, 2.24) is 24.9 Å². The third-order valence-corrected chi connectivity index (χ3v) is 3.47. The molecule has 0 radical (unpaired) electrons. The number of nitrogens with one attached hydrogen (secondary N) is 2. The standard InChI is InChI=1S/C18H19N7O2/c1-11(26)9-20-15-7-6-13(10-21-15)17(27)25-18-23-12(2)22-16(24-18)14-5-3-4-8-19-14/h3-8,10-11,26H,9H2,1-2H3,(H,20,21)(H,22,23,24,25,27). The summed E-state index contributed by atoms with van der Waals surface area (Å²) in [6.45, 7) is 3.76. The van der Waals surface area contributed by atoms with Crippen LogP contribution in [0.4, 0.5) is 11.8 Å². The van der Waals surface area contributed by atoms with Gasteiger partial charge in [-0.2, -0.15) is 9.97 Å². The van der Waals surface area contributed by atoms with Crippen molar-refractivity contribution < 1.29 is 9.90 Å². The fraction of sp³-hybridized carbons (Fsp3) is 0.222. The van der Waals surface area contributed by atoms with E-state index in [0.717, 1.165) is 0 Å². The number of rotatable bonds is 6. The van der Waals surface area contributed by atoms with Crippen LogP contribution in [-0.4, -0.2) is 48.6 Å². The molecule has 0 saturated carbocycles. The molecule has 3 aromatic heterocycles. The lowest BCUT2D eigenvalue weighted by Gasteiger charge is -2.09. The number of aryl methyl sites for hydroxylation is 1. The minimum absolute atomic E-state index is 0.143. The molecule has 1 unspecified atom stereocenters. The van der Waals surface area contributed by atoms with Gasteiger partial charge in [-0.15, -0.1) is 0 Å². The van der Waals surface area contributed by atoms with Crippen molar-refractivity contribution in [1.29, 1.82) is 0 Å². The van der Waals surface area contributed by atoms with Crippen LogP contribution in [0.5, 0.6) is 0 Å². The van der Waals surface area contributed by atoms with E-state index in [-0.39, 0.29) is 11.9 Å². The molecule has 0 bridgehead atoms.